The molecule has 1 aliphatic rings. The van der Waals surface area contributed by atoms with Gasteiger partial charge in [-0.05, 0) is 60.7 Å². The topological polar surface area (TPSA) is 119 Å². The smallest absolute Gasteiger partial charge is 0.420 e. The molecule has 0 bridgehead atoms. The van der Waals surface area contributed by atoms with Gasteiger partial charge < -0.3 is 20.3 Å². The molecule has 0 aromatic heterocycles. The summed E-state index contributed by atoms with van der Waals surface area (Å²) in [6.45, 7) is 4.84. The summed E-state index contributed by atoms with van der Waals surface area (Å²) in [5.41, 5.74) is 9.97. The molecule has 0 heterocycles. The Morgan fingerprint density at radius 2 is 1.43 bits per heavy atom. The number of carboxylic acids is 1. The van der Waals surface area contributed by atoms with Gasteiger partial charge in [0.15, 0.2) is 0 Å². The van der Waals surface area contributed by atoms with Crippen molar-refractivity contribution in [1.29, 1.82) is 0 Å². The number of imide groups is 1. The lowest BCUT2D eigenvalue weighted by Crippen LogP contribution is -2.51. The van der Waals surface area contributed by atoms with E-state index in [1.54, 1.807) is 45.0 Å². The van der Waals surface area contributed by atoms with Crippen LogP contribution in [0.4, 0.5) is 15.3 Å². The van der Waals surface area contributed by atoms with Gasteiger partial charge in [-0.25, -0.2) is 14.4 Å². The second kappa shape index (κ2) is 10.3. The van der Waals surface area contributed by atoms with E-state index in [2.05, 4.69) is 0 Å². The molecule has 0 saturated heterocycles. The molecule has 2 amide bonds. The number of ether oxygens (including phenoxy) is 2. The first-order chi connectivity index (χ1) is 17.5. The molecule has 37 heavy (non-hydrogen) atoms. The van der Waals surface area contributed by atoms with Crippen molar-refractivity contribution >= 4 is 23.8 Å². The highest BCUT2D eigenvalue weighted by Gasteiger charge is 2.40. The van der Waals surface area contributed by atoms with Gasteiger partial charge in [0.2, 0.25) is 0 Å². The normalized spacial score (nSPS) is 13.3. The maximum absolute atomic E-state index is 13.4. The van der Waals surface area contributed by atoms with Crippen molar-refractivity contribution in [1.82, 2.24) is 4.90 Å². The van der Waals surface area contributed by atoms with Crippen LogP contribution < -0.4 is 5.73 Å². The summed E-state index contributed by atoms with van der Waals surface area (Å²) in [7, 11) is 0. The lowest BCUT2D eigenvalue weighted by molar-refractivity contribution is -0.142. The van der Waals surface area contributed by atoms with Gasteiger partial charge >= 0.3 is 18.2 Å². The number of aliphatic carboxylic acids is 1. The van der Waals surface area contributed by atoms with Crippen LogP contribution in [0.1, 0.15) is 43.4 Å². The van der Waals surface area contributed by atoms with E-state index >= 15 is 0 Å². The molecule has 0 fully saturated rings. The van der Waals surface area contributed by atoms with Crippen LogP contribution in [0.2, 0.25) is 0 Å². The Labute approximate surface area is 215 Å². The predicted molar refractivity (Wildman–Crippen MR) is 139 cm³/mol. The molecule has 0 spiro atoms. The Kier molecular flexibility index (Phi) is 7.20. The number of fused-ring (bicyclic) bond motifs is 3. The van der Waals surface area contributed by atoms with Crippen molar-refractivity contribution in [2.24, 2.45) is 0 Å². The predicted octanol–water partition coefficient (Wildman–Crippen LogP) is 5.45. The standard InChI is InChI=1S/C29H30N2O6/c1-29(2,3)37-28(35)31(25(26(32)33)16-18-12-14-19(30)15-13-18)27(34)36-17-24-22-10-6-4-8-20(22)21-9-5-7-11-23(21)24/h4-15,24-25H,16-17,30H2,1-3H3,(H,32,33)/t25-/m0/s1. The number of rotatable bonds is 6. The number of nitrogens with zero attached hydrogens (tertiary/aromatic N) is 1. The average Bonchev–Trinajstić information content (AvgIpc) is 3.16. The van der Waals surface area contributed by atoms with Crippen LogP contribution in [0.25, 0.3) is 11.1 Å². The lowest BCUT2D eigenvalue weighted by atomic mass is 9.98. The van der Waals surface area contributed by atoms with Crippen LogP contribution in [0.15, 0.2) is 72.8 Å². The van der Waals surface area contributed by atoms with Gasteiger partial charge in [-0.15, -0.1) is 0 Å². The second-order valence-electron chi connectivity index (χ2n) is 9.95. The minimum Gasteiger partial charge on any atom is -0.480 e. The Bertz CT molecular complexity index is 1270. The van der Waals surface area contributed by atoms with E-state index in [9.17, 15) is 19.5 Å². The first kappa shape index (κ1) is 25.8. The molecule has 8 nitrogen and oxygen atoms in total. The zero-order valence-electron chi connectivity index (χ0n) is 21.0. The molecule has 3 aromatic carbocycles. The number of nitrogens with two attached hydrogens (primary N) is 1. The Hall–Kier alpha value is -4.33. The van der Waals surface area contributed by atoms with Crippen molar-refractivity contribution in [2.45, 2.75) is 44.8 Å². The molecule has 0 saturated carbocycles. The summed E-state index contributed by atoms with van der Waals surface area (Å²) >= 11 is 0. The minimum absolute atomic E-state index is 0.0691. The fourth-order valence-corrected chi connectivity index (χ4v) is 4.47. The van der Waals surface area contributed by atoms with Gasteiger partial charge in [0.25, 0.3) is 0 Å². The van der Waals surface area contributed by atoms with Crippen molar-refractivity contribution in [3.63, 3.8) is 0 Å². The largest absolute Gasteiger partial charge is 0.480 e. The van der Waals surface area contributed by atoms with Crippen molar-refractivity contribution in [3.8, 4) is 11.1 Å². The zero-order chi connectivity index (χ0) is 26.7. The SMILES string of the molecule is CC(C)(C)OC(=O)N(C(=O)OCC1c2ccccc2-c2ccccc21)[C@@H](Cc1ccc(N)cc1)C(=O)O. The van der Waals surface area contributed by atoms with Gasteiger partial charge in [-0.2, -0.15) is 4.90 Å². The molecule has 3 N–H and O–H groups in total. The molecule has 8 heteroatoms. The number of amides is 2. The van der Waals surface area contributed by atoms with E-state index in [-0.39, 0.29) is 18.9 Å². The Balaban J connectivity index is 1.61. The van der Waals surface area contributed by atoms with Gasteiger partial charge in [-0.3, -0.25) is 0 Å². The zero-order valence-corrected chi connectivity index (χ0v) is 21.0. The van der Waals surface area contributed by atoms with E-state index in [4.69, 9.17) is 15.2 Å². The molecule has 192 valence electrons. The van der Waals surface area contributed by atoms with Crippen molar-refractivity contribution < 1.29 is 29.0 Å². The third-order valence-corrected chi connectivity index (χ3v) is 6.13. The highest BCUT2D eigenvalue weighted by molar-refractivity contribution is 5.93. The number of carboxylic acid groups (broad SMARTS) is 1. The van der Waals surface area contributed by atoms with E-state index in [1.165, 1.54) is 0 Å². The van der Waals surface area contributed by atoms with Crippen LogP contribution in [0.3, 0.4) is 0 Å². The van der Waals surface area contributed by atoms with Crippen LogP contribution in [0.5, 0.6) is 0 Å². The van der Waals surface area contributed by atoms with Gasteiger partial charge in [0, 0.05) is 18.0 Å². The highest BCUT2D eigenvalue weighted by Crippen LogP contribution is 2.44. The van der Waals surface area contributed by atoms with Gasteiger partial charge in [0.1, 0.15) is 18.2 Å². The van der Waals surface area contributed by atoms with E-state index in [1.807, 2.05) is 48.5 Å². The number of anilines is 1. The number of carbonyl (C=O) groups excluding carboxylic acids is 2. The summed E-state index contributed by atoms with van der Waals surface area (Å²) in [5.74, 6) is -1.62. The lowest BCUT2D eigenvalue weighted by Gasteiger charge is -2.30. The maximum Gasteiger partial charge on any atom is 0.420 e. The van der Waals surface area contributed by atoms with Crippen LogP contribution in [-0.2, 0) is 20.7 Å². The molecule has 1 aliphatic carbocycles. The van der Waals surface area contributed by atoms with E-state index in [0.29, 0.717) is 16.2 Å². The summed E-state index contributed by atoms with van der Waals surface area (Å²) in [5, 5.41) is 10.0. The molecule has 0 radical (unpaired) electrons. The first-order valence-electron chi connectivity index (χ1n) is 12.0. The Morgan fingerprint density at radius 3 is 1.95 bits per heavy atom. The quantitative estimate of drug-likeness (QED) is 0.430. The molecule has 1 atom stereocenters. The van der Waals surface area contributed by atoms with Gasteiger partial charge in [0.05, 0.1) is 0 Å². The molecule has 0 unspecified atom stereocenters. The monoisotopic (exact) mass is 502 g/mol. The molecular weight excluding hydrogens is 472 g/mol. The molecule has 0 aliphatic heterocycles. The summed E-state index contributed by atoms with van der Waals surface area (Å²) in [6.07, 6.45) is -2.31. The molecule has 4 rings (SSSR count). The number of nitrogen functional groups attached to an aromatic ring is 1. The van der Waals surface area contributed by atoms with Crippen LogP contribution >= 0.6 is 0 Å². The van der Waals surface area contributed by atoms with Crippen molar-refractivity contribution in [3.05, 3.63) is 89.5 Å². The summed E-state index contributed by atoms with van der Waals surface area (Å²) in [4.78, 5) is 39.3. The fraction of sp³-hybridized carbons (Fsp3) is 0.276. The Morgan fingerprint density at radius 1 is 0.892 bits per heavy atom. The van der Waals surface area contributed by atoms with Crippen LogP contribution in [-0.4, -0.2) is 46.4 Å². The molecular formula is C29H30N2O6. The van der Waals surface area contributed by atoms with Crippen molar-refractivity contribution in [2.75, 3.05) is 12.3 Å². The summed E-state index contributed by atoms with van der Waals surface area (Å²) < 4.78 is 11.0. The highest BCUT2D eigenvalue weighted by atomic mass is 16.6. The number of benzene rings is 3. The first-order valence-corrected chi connectivity index (χ1v) is 12.0. The number of hydrogen-bond donors (Lipinski definition) is 2. The summed E-state index contributed by atoms with van der Waals surface area (Å²) in [6, 6.07) is 20.7. The average molecular weight is 503 g/mol. The maximum atomic E-state index is 13.4. The molecule has 3 aromatic rings. The fourth-order valence-electron chi connectivity index (χ4n) is 4.47. The second-order valence-corrected chi connectivity index (χ2v) is 9.95. The van der Waals surface area contributed by atoms with E-state index in [0.717, 1.165) is 22.3 Å². The number of carbonyl (C=O) groups is 3. The van der Waals surface area contributed by atoms with Gasteiger partial charge in [-0.1, -0.05) is 60.7 Å². The third kappa shape index (κ3) is 5.74. The third-order valence-electron chi connectivity index (χ3n) is 6.13. The minimum atomic E-state index is -1.55. The number of hydrogen-bond acceptors (Lipinski definition) is 6. The van der Waals surface area contributed by atoms with E-state index < -0.39 is 29.8 Å². The van der Waals surface area contributed by atoms with Crippen LogP contribution in [0, 0.1) is 0 Å².